The van der Waals surface area contributed by atoms with E-state index in [0.717, 1.165) is 25.2 Å². The van der Waals surface area contributed by atoms with Crippen molar-refractivity contribution >= 4 is 11.2 Å². The summed E-state index contributed by atoms with van der Waals surface area (Å²) >= 11 is 0. The van der Waals surface area contributed by atoms with Gasteiger partial charge in [-0.1, -0.05) is 0 Å². The molecule has 22 heavy (non-hydrogen) atoms. The summed E-state index contributed by atoms with van der Waals surface area (Å²) in [6.07, 6.45) is 2.26. The Morgan fingerprint density at radius 3 is 2.68 bits per heavy atom. The maximum atomic E-state index is 12.6. The molecule has 2 aromatic rings. The molecule has 1 aliphatic heterocycles. The van der Waals surface area contributed by atoms with Gasteiger partial charge in [0.15, 0.2) is 11.2 Å². The van der Waals surface area contributed by atoms with Crippen LogP contribution in [0.4, 0.5) is 0 Å². The molecule has 1 aliphatic rings. The molecular weight excluding hydrogens is 282 g/mol. The van der Waals surface area contributed by atoms with Gasteiger partial charge in [-0.2, -0.15) is 0 Å². The van der Waals surface area contributed by atoms with Gasteiger partial charge in [0.25, 0.3) is 5.56 Å². The summed E-state index contributed by atoms with van der Waals surface area (Å²) in [5.74, 6) is 0.779. The van der Waals surface area contributed by atoms with E-state index in [1.54, 1.807) is 4.57 Å². The fraction of sp³-hybridized carbons (Fsp3) is 0.667. The van der Waals surface area contributed by atoms with Crippen LogP contribution in [0.3, 0.4) is 0 Å². The molecule has 7 heteroatoms. The Hall–Kier alpha value is -1.89. The van der Waals surface area contributed by atoms with Crippen LogP contribution in [0.2, 0.25) is 0 Å². The molecule has 1 fully saturated rings. The highest BCUT2D eigenvalue weighted by Crippen LogP contribution is 2.17. The number of nitrogens with zero attached hydrogens (tertiary/aromatic N) is 4. The Kier molecular flexibility index (Phi) is 3.68. The maximum absolute atomic E-state index is 12.6. The van der Waals surface area contributed by atoms with E-state index in [-0.39, 0.29) is 17.3 Å². The summed E-state index contributed by atoms with van der Waals surface area (Å²) in [5, 5.41) is 3.44. The molecule has 3 rings (SSSR count). The molecule has 1 atom stereocenters. The lowest BCUT2D eigenvalue weighted by Gasteiger charge is -2.15. The van der Waals surface area contributed by atoms with Crippen molar-refractivity contribution < 1.29 is 0 Å². The third kappa shape index (κ3) is 2.20. The van der Waals surface area contributed by atoms with Crippen LogP contribution < -0.4 is 16.6 Å². The predicted molar refractivity (Wildman–Crippen MR) is 85.4 cm³/mol. The summed E-state index contributed by atoms with van der Waals surface area (Å²) < 4.78 is 4.74. The SMILES string of the molecule is Cc1nc2c(c(=O)n(C)c(=O)n2C(C)C)n1CC1CCCN1. The zero-order chi connectivity index (χ0) is 16.0. The van der Waals surface area contributed by atoms with Gasteiger partial charge in [-0.15, -0.1) is 0 Å². The molecule has 3 heterocycles. The van der Waals surface area contributed by atoms with Crippen LogP contribution in [0.15, 0.2) is 9.59 Å². The van der Waals surface area contributed by atoms with Crippen LogP contribution >= 0.6 is 0 Å². The van der Waals surface area contributed by atoms with Gasteiger partial charge in [0.2, 0.25) is 0 Å². The normalized spacial score (nSPS) is 18.7. The Morgan fingerprint density at radius 1 is 1.36 bits per heavy atom. The number of hydrogen-bond acceptors (Lipinski definition) is 4. The minimum atomic E-state index is -0.309. The first kappa shape index (κ1) is 15.0. The van der Waals surface area contributed by atoms with E-state index in [1.807, 2.05) is 25.3 Å². The van der Waals surface area contributed by atoms with Gasteiger partial charge < -0.3 is 9.88 Å². The first-order valence-corrected chi connectivity index (χ1v) is 7.83. The molecule has 1 N–H and O–H groups in total. The lowest BCUT2D eigenvalue weighted by molar-refractivity contribution is 0.507. The van der Waals surface area contributed by atoms with Crippen molar-refractivity contribution in [3.63, 3.8) is 0 Å². The van der Waals surface area contributed by atoms with E-state index >= 15 is 0 Å². The van der Waals surface area contributed by atoms with E-state index in [1.165, 1.54) is 11.6 Å². The molecule has 120 valence electrons. The standard InChI is InChI=1S/C15H23N5O2/c1-9(2)20-13-12(14(21)18(4)15(20)22)19(10(3)17-13)8-11-6-5-7-16-11/h9,11,16H,5-8H2,1-4H3. The third-order valence-corrected chi connectivity index (χ3v) is 4.45. The molecule has 0 saturated carbocycles. The summed E-state index contributed by atoms with van der Waals surface area (Å²) in [5.41, 5.74) is 0.451. The van der Waals surface area contributed by atoms with Crippen LogP contribution in [-0.2, 0) is 13.6 Å². The summed E-state index contributed by atoms with van der Waals surface area (Å²) in [6, 6.07) is 0.314. The first-order valence-electron chi connectivity index (χ1n) is 7.83. The van der Waals surface area contributed by atoms with Crippen molar-refractivity contribution in [2.75, 3.05) is 6.54 Å². The van der Waals surface area contributed by atoms with Crippen molar-refractivity contribution in [3.05, 3.63) is 26.7 Å². The second-order valence-electron chi connectivity index (χ2n) is 6.35. The molecule has 7 nitrogen and oxygen atoms in total. The van der Waals surface area contributed by atoms with Gasteiger partial charge in [-0.05, 0) is 40.2 Å². The monoisotopic (exact) mass is 305 g/mol. The molecule has 0 aliphatic carbocycles. The number of rotatable bonds is 3. The zero-order valence-corrected chi connectivity index (χ0v) is 13.6. The Bertz CT molecular complexity index is 821. The number of aromatic nitrogens is 4. The average molecular weight is 305 g/mol. The van der Waals surface area contributed by atoms with Crippen molar-refractivity contribution in [1.29, 1.82) is 0 Å². The van der Waals surface area contributed by atoms with Crippen LogP contribution in [0.5, 0.6) is 0 Å². The second-order valence-corrected chi connectivity index (χ2v) is 6.35. The molecule has 1 saturated heterocycles. The molecule has 2 aromatic heterocycles. The molecule has 0 radical (unpaired) electrons. The number of nitrogens with one attached hydrogen (secondary N) is 1. The van der Waals surface area contributed by atoms with Crippen LogP contribution in [0.25, 0.3) is 11.2 Å². The summed E-state index contributed by atoms with van der Waals surface area (Å²) in [7, 11) is 1.53. The number of fused-ring (bicyclic) bond motifs is 1. The van der Waals surface area contributed by atoms with Gasteiger partial charge in [-0.25, -0.2) is 9.78 Å². The maximum Gasteiger partial charge on any atom is 0.332 e. The second kappa shape index (κ2) is 5.39. The van der Waals surface area contributed by atoms with E-state index < -0.39 is 0 Å². The first-order chi connectivity index (χ1) is 10.4. The lowest BCUT2D eigenvalue weighted by Crippen LogP contribution is -2.40. The minimum Gasteiger partial charge on any atom is -0.321 e. The number of aryl methyl sites for hydroxylation is 1. The average Bonchev–Trinajstić information content (AvgIpc) is 3.06. The summed E-state index contributed by atoms with van der Waals surface area (Å²) in [4.78, 5) is 29.5. The van der Waals surface area contributed by atoms with Gasteiger partial charge in [-0.3, -0.25) is 13.9 Å². The lowest BCUT2D eigenvalue weighted by atomic mass is 10.2. The van der Waals surface area contributed by atoms with Crippen LogP contribution in [-0.4, -0.2) is 31.3 Å². The van der Waals surface area contributed by atoms with Crippen molar-refractivity contribution in [1.82, 2.24) is 24.0 Å². The van der Waals surface area contributed by atoms with Gasteiger partial charge in [0.05, 0.1) is 0 Å². The Labute approximate surface area is 128 Å². The van der Waals surface area contributed by atoms with Gasteiger partial charge >= 0.3 is 5.69 Å². The molecule has 0 spiro atoms. The molecule has 0 aromatic carbocycles. The number of imidazole rings is 1. The fourth-order valence-electron chi connectivity index (χ4n) is 3.25. The largest absolute Gasteiger partial charge is 0.332 e. The quantitative estimate of drug-likeness (QED) is 0.898. The Balaban J connectivity index is 2.28. The fourth-order valence-corrected chi connectivity index (χ4v) is 3.25. The van der Waals surface area contributed by atoms with E-state index in [4.69, 9.17) is 0 Å². The minimum absolute atomic E-state index is 0.0471. The highest BCUT2D eigenvalue weighted by atomic mass is 16.2. The van der Waals surface area contributed by atoms with E-state index in [2.05, 4.69) is 10.3 Å². The highest BCUT2D eigenvalue weighted by Gasteiger charge is 2.22. The van der Waals surface area contributed by atoms with Gasteiger partial charge in [0.1, 0.15) is 5.82 Å². The summed E-state index contributed by atoms with van der Waals surface area (Å²) in [6.45, 7) is 7.48. The molecule has 0 bridgehead atoms. The predicted octanol–water partition coefficient (Wildman–Crippen LogP) is 0.538. The van der Waals surface area contributed by atoms with Crippen molar-refractivity contribution in [2.45, 2.75) is 52.2 Å². The smallest absolute Gasteiger partial charge is 0.321 e. The number of hydrogen-bond donors (Lipinski definition) is 1. The third-order valence-electron chi connectivity index (χ3n) is 4.45. The highest BCUT2D eigenvalue weighted by molar-refractivity contribution is 5.71. The molecule has 0 amide bonds. The van der Waals surface area contributed by atoms with E-state index in [0.29, 0.717) is 23.8 Å². The van der Waals surface area contributed by atoms with Crippen molar-refractivity contribution in [3.8, 4) is 0 Å². The van der Waals surface area contributed by atoms with Gasteiger partial charge in [0, 0.05) is 25.7 Å². The zero-order valence-electron chi connectivity index (χ0n) is 13.6. The van der Waals surface area contributed by atoms with Crippen LogP contribution in [0, 0.1) is 6.92 Å². The Morgan fingerprint density at radius 2 is 2.09 bits per heavy atom. The molecular formula is C15H23N5O2. The molecule has 1 unspecified atom stereocenters. The van der Waals surface area contributed by atoms with E-state index in [9.17, 15) is 9.59 Å². The van der Waals surface area contributed by atoms with Crippen molar-refractivity contribution in [2.24, 2.45) is 7.05 Å². The topological polar surface area (TPSA) is 73.8 Å². The van der Waals surface area contributed by atoms with Crippen LogP contribution in [0.1, 0.15) is 38.6 Å².